The first-order chi connectivity index (χ1) is 13.9. The summed E-state index contributed by atoms with van der Waals surface area (Å²) in [6, 6.07) is 14.6. The van der Waals surface area contributed by atoms with Crippen LogP contribution in [-0.4, -0.2) is 33.6 Å². The third kappa shape index (κ3) is 4.34. The van der Waals surface area contributed by atoms with Gasteiger partial charge in [0.05, 0.1) is 25.0 Å². The highest BCUT2D eigenvalue weighted by atomic mass is 19.4. The molecule has 0 atom stereocenters. The molecule has 1 aromatic heterocycles. The summed E-state index contributed by atoms with van der Waals surface area (Å²) in [6.07, 6.45) is -3.16. The van der Waals surface area contributed by atoms with Crippen molar-refractivity contribution in [1.29, 1.82) is 0 Å². The van der Waals surface area contributed by atoms with Crippen molar-refractivity contribution in [2.75, 3.05) is 11.9 Å². The molecule has 0 fully saturated rings. The lowest BCUT2D eigenvalue weighted by molar-refractivity contribution is -0.274. The minimum atomic E-state index is -4.76. The van der Waals surface area contributed by atoms with Gasteiger partial charge in [-0.3, -0.25) is 4.68 Å². The number of anilines is 1. The van der Waals surface area contributed by atoms with Gasteiger partial charge < -0.3 is 15.0 Å². The Morgan fingerprint density at radius 2 is 1.86 bits per heavy atom. The maximum Gasteiger partial charge on any atom is 0.573 e. The topological polar surface area (TPSA) is 59.4 Å². The van der Waals surface area contributed by atoms with Crippen LogP contribution in [0.3, 0.4) is 0 Å². The molecule has 9 heteroatoms. The normalized spacial score (nSPS) is 13.7. The molecule has 150 valence electrons. The van der Waals surface area contributed by atoms with E-state index in [2.05, 4.69) is 15.2 Å². The first kappa shape index (κ1) is 18.9. The van der Waals surface area contributed by atoms with Crippen molar-refractivity contribution in [1.82, 2.24) is 14.7 Å². The number of carbonyl (C=O) groups is 1. The smallest absolute Gasteiger partial charge is 0.406 e. The second-order valence-electron chi connectivity index (χ2n) is 6.52. The van der Waals surface area contributed by atoms with Crippen molar-refractivity contribution in [2.24, 2.45) is 0 Å². The minimum Gasteiger partial charge on any atom is -0.406 e. The molecule has 2 heterocycles. The number of nitrogens with zero attached hydrogens (tertiary/aromatic N) is 3. The van der Waals surface area contributed by atoms with Crippen LogP contribution >= 0.6 is 0 Å². The summed E-state index contributed by atoms with van der Waals surface area (Å²) in [5.41, 5.74) is 2.64. The van der Waals surface area contributed by atoms with E-state index in [9.17, 15) is 18.0 Å². The third-order valence-electron chi connectivity index (χ3n) is 4.56. The molecule has 29 heavy (non-hydrogen) atoms. The van der Waals surface area contributed by atoms with Crippen molar-refractivity contribution in [3.63, 3.8) is 0 Å². The Balaban J connectivity index is 1.55. The maximum atomic E-state index is 12.6. The fourth-order valence-corrected chi connectivity index (χ4v) is 3.24. The number of hydrogen-bond acceptors (Lipinski definition) is 3. The fraction of sp³-hybridized carbons (Fsp3) is 0.200. The second-order valence-corrected chi connectivity index (χ2v) is 6.52. The van der Waals surface area contributed by atoms with E-state index in [1.165, 1.54) is 18.2 Å². The number of urea groups is 1. The maximum absolute atomic E-state index is 12.6. The zero-order valence-electron chi connectivity index (χ0n) is 15.2. The van der Waals surface area contributed by atoms with Crippen molar-refractivity contribution in [2.45, 2.75) is 19.5 Å². The summed E-state index contributed by atoms with van der Waals surface area (Å²) in [5.74, 6) is -0.301. The highest BCUT2D eigenvalue weighted by Gasteiger charge is 2.31. The van der Waals surface area contributed by atoms with E-state index in [0.717, 1.165) is 5.69 Å². The Labute approximate surface area is 164 Å². The van der Waals surface area contributed by atoms with Gasteiger partial charge in [0.2, 0.25) is 0 Å². The predicted octanol–water partition coefficient (Wildman–Crippen LogP) is 4.50. The van der Waals surface area contributed by atoms with Gasteiger partial charge in [-0.2, -0.15) is 5.10 Å². The van der Waals surface area contributed by atoms with Crippen molar-refractivity contribution in [3.05, 3.63) is 66.5 Å². The van der Waals surface area contributed by atoms with E-state index in [0.29, 0.717) is 36.4 Å². The van der Waals surface area contributed by atoms with E-state index in [4.69, 9.17) is 0 Å². The van der Waals surface area contributed by atoms with Gasteiger partial charge in [-0.1, -0.05) is 30.3 Å². The van der Waals surface area contributed by atoms with E-state index in [-0.39, 0.29) is 11.8 Å². The van der Waals surface area contributed by atoms with Crippen LogP contribution < -0.4 is 10.1 Å². The van der Waals surface area contributed by atoms with Gasteiger partial charge in [0, 0.05) is 17.8 Å². The molecule has 0 spiro atoms. The van der Waals surface area contributed by atoms with Gasteiger partial charge in [0.1, 0.15) is 5.75 Å². The summed E-state index contributed by atoms with van der Waals surface area (Å²) in [5, 5.41) is 7.15. The monoisotopic (exact) mass is 402 g/mol. The molecule has 3 aromatic rings. The van der Waals surface area contributed by atoms with Crippen LogP contribution in [0.1, 0.15) is 5.69 Å². The highest BCUT2D eigenvalue weighted by Crippen LogP contribution is 2.31. The van der Waals surface area contributed by atoms with Gasteiger partial charge in [0.15, 0.2) is 0 Å². The number of amides is 2. The lowest BCUT2D eigenvalue weighted by Crippen LogP contribution is -2.41. The minimum absolute atomic E-state index is 0.247. The number of alkyl halides is 3. The summed E-state index contributed by atoms with van der Waals surface area (Å²) in [7, 11) is 0. The first-order valence-electron chi connectivity index (χ1n) is 8.91. The molecule has 0 saturated heterocycles. The van der Waals surface area contributed by atoms with Gasteiger partial charge in [-0.05, 0) is 29.8 Å². The van der Waals surface area contributed by atoms with Crippen LogP contribution in [0.25, 0.3) is 11.1 Å². The molecule has 1 aliphatic rings. The summed E-state index contributed by atoms with van der Waals surface area (Å²) in [4.78, 5) is 14.2. The molecule has 2 aromatic carbocycles. The Morgan fingerprint density at radius 3 is 2.62 bits per heavy atom. The fourth-order valence-electron chi connectivity index (χ4n) is 3.24. The number of fused-ring (bicyclic) bond motifs is 1. The van der Waals surface area contributed by atoms with Crippen LogP contribution in [0.5, 0.6) is 5.75 Å². The summed E-state index contributed by atoms with van der Waals surface area (Å²) >= 11 is 0. The molecule has 0 aliphatic carbocycles. The predicted molar refractivity (Wildman–Crippen MR) is 100 cm³/mol. The third-order valence-corrected chi connectivity index (χ3v) is 4.56. The largest absolute Gasteiger partial charge is 0.573 e. The van der Waals surface area contributed by atoms with Crippen LogP contribution in [0.4, 0.5) is 23.7 Å². The van der Waals surface area contributed by atoms with E-state index in [1.807, 2.05) is 18.2 Å². The number of halogens is 3. The number of hydrogen-bond donors (Lipinski definition) is 1. The molecule has 4 rings (SSSR count). The van der Waals surface area contributed by atoms with Crippen LogP contribution in [0.15, 0.2) is 60.8 Å². The summed E-state index contributed by atoms with van der Waals surface area (Å²) in [6.45, 7) is 1.26. The van der Waals surface area contributed by atoms with Gasteiger partial charge in [-0.15, -0.1) is 13.2 Å². The number of aromatic nitrogens is 2. The molecular formula is C20H17F3N4O2. The van der Waals surface area contributed by atoms with Crippen molar-refractivity contribution < 1.29 is 22.7 Å². The molecule has 0 bridgehead atoms. The number of carbonyl (C=O) groups excluding carboxylic acids is 1. The number of rotatable bonds is 3. The Kier molecular flexibility index (Phi) is 4.87. The average Bonchev–Trinajstić information content (AvgIpc) is 3.11. The Bertz CT molecular complexity index is 1020. The van der Waals surface area contributed by atoms with Crippen LogP contribution in [-0.2, 0) is 13.1 Å². The Morgan fingerprint density at radius 1 is 1.07 bits per heavy atom. The van der Waals surface area contributed by atoms with Gasteiger partial charge in [-0.25, -0.2) is 4.79 Å². The molecule has 1 N–H and O–H groups in total. The van der Waals surface area contributed by atoms with Gasteiger partial charge in [0.25, 0.3) is 0 Å². The molecule has 0 unspecified atom stereocenters. The number of benzene rings is 2. The number of para-hydroxylation sites is 1. The molecule has 0 radical (unpaired) electrons. The van der Waals surface area contributed by atoms with Crippen molar-refractivity contribution >= 4 is 11.7 Å². The molecule has 2 amide bonds. The van der Waals surface area contributed by atoms with Crippen LogP contribution in [0, 0.1) is 0 Å². The van der Waals surface area contributed by atoms with Crippen molar-refractivity contribution in [3.8, 4) is 16.9 Å². The molecule has 0 saturated carbocycles. The van der Waals surface area contributed by atoms with E-state index < -0.39 is 6.36 Å². The Hall–Kier alpha value is -3.49. The van der Waals surface area contributed by atoms with Crippen LogP contribution in [0.2, 0.25) is 0 Å². The SMILES string of the molecule is O=C(Nc1ccccc1)N1CCn2ncc(-c3cccc(OC(F)(F)F)c3)c2C1. The quantitative estimate of drug-likeness (QED) is 0.702. The molecule has 6 nitrogen and oxygen atoms in total. The van der Waals surface area contributed by atoms with E-state index >= 15 is 0 Å². The second kappa shape index (κ2) is 7.50. The summed E-state index contributed by atoms with van der Waals surface area (Å²) < 4.78 is 43.3. The van der Waals surface area contributed by atoms with E-state index in [1.54, 1.807) is 34.0 Å². The average molecular weight is 402 g/mol. The zero-order valence-corrected chi connectivity index (χ0v) is 15.2. The first-order valence-corrected chi connectivity index (χ1v) is 8.91. The lowest BCUT2D eigenvalue weighted by atomic mass is 10.1. The van der Waals surface area contributed by atoms with Gasteiger partial charge >= 0.3 is 12.4 Å². The number of ether oxygens (including phenoxy) is 1. The lowest BCUT2D eigenvalue weighted by Gasteiger charge is -2.28. The zero-order chi connectivity index (χ0) is 20.4. The molecular weight excluding hydrogens is 385 g/mol. The standard InChI is InChI=1S/C20H17F3N4O2/c21-20(22,23)29-16-8-4-5-14(11-16)17-12-24-27-10-9-26(13-18(17)27)19(28)25-15-6-2-1-3-7-15/h1-8,11-12H,9-10,13H2,(H,25,28). The highest BCUT2D eigenvalue weighted by molar-refractivity contribution is 5.89. The molecule has 1 aliphatic heterocycles. The number of nitrogens with one attached hydrogen (secondary N) is 1.